The summed E-state index contributed by atoms with van der Waals surface area (Å²) in [7, 11) is 1.79. The van der Waals surface area contributed by atoms with E-state index in [0.717, 1.165) is 31.8 Å². The number of carboxylic acids is 1. The largest absolute Gasteiger partial charge is 0.480 e. The van der Waals surface area contributed by atoms with Crippen LogP contribution in [0.5, 0.6) is 0 Å². The molecule has 0 spiro atoms. The molecule has 4 nitrogen and oxygen atoms in total. The van der Waals surface area contributed by atoms with Gasteiger partial charge in [-0.3, -0.25) is 4.79 Å². The maximum absolute atomic E-state index is 11.6. The second-order valence-electron chi connectivity index (χ2n) is 6.33. The first-order valence-corrected chi connectivity index (χ1v) is 7.14. The lowest BCUT2D eigenvalue weighted by Gasteiger charge is -2.33. The van der Waals surface area contributed by atoms with Crippen molar-refractivity contribution < 1.29 is 9.90 Å². The highest BCUT2D eigenvalue weighted by atomic mass is 16.4. The summed E-state index contributed by atoms with van der Waals surface area (Å²) in [5.41, 5.74) is -0.716. The van der Waals surface area contributed by atoms with E-state index in [-0.39, 0.29) is 0 Å². The van der Waals surface area contributed by atoms with Crippen LogP contribution in [-0.4, -0.2) is 48.2 Å². The van der Waals surface area contributed by atoms with Crippen molar-refractivity contribution in [3.8, 4) is 0 Å². The van der Waals surface area contributed by atoms with Crippen LogP contribution in [0.15, 0.2) is 0 Å². The van der Waals surface area contributed by atoms with Gasteiger partial charge in [-0.05, 0) is 50.6 Å². The summed E-state index contributed by atoms with van der Waals surface area (Å²) >= 11 is 0. The van der Waals surface area contributed by atoms with Crippen molar-refractivity contribution in [2.75, 3.05) is 26.7 Å². The zero-order valence-corrected chi connectivity index (χ0v) is 11.8. The summed E-state index contributed by atoms with van der Waals surface area (Å²) in [6.07, 6.45) is 3.31. The van der Waals surface area contributed by atoms with Gasteiger partial charge in [0.05, 0.1) is 0 Å². The summed E-state index contributed by atoms with van der Waals surface area (Å²) in [4.78, 5) is 14.0. The van der Waals surface area contributed by atoms with Crippen molar-refractivity contribution in [3.05, 3.63) is 0 Å². The van der Waals surface area contributed by atoms with E-state index in [1.54, 1.807) is 7.05 Å². The SMILES string of the molecule is CNC(CN1CCC(C(C)C)C1)(C(=O)O)C1CC1. The van der Waals surface area contributed by atoms with Crippen LogP contribution in [0.25, 0.3) is 0 Å². The molecule has 2 rings (SSSR count). The van der Waals surface area contributed by atoms with Gasteiger partial charge in [0.15, 0.2) is 0 Å². The van der Waals surface area contributed by atoms with E-state index in [9.17, 15) is 9.90 Å². The first-order chi connectivity index (χ1) is 8.49. The number of hydrogen-bond donors (Lipinski definition) is 2. The molecule has 104 valence electrons. The molecule has 0 amide bonds. The molecule has 2 N–H and O–H groups in total. The summed E-state index contributed by atoms with van der Waals surface area (Å²) in [5, 5.41) is 12.7. The number of likely N-dealkylation sites (N-methyl/N-ethyl adjacent to an activating group) is 1. The zero-order chi connectivity index (χ0) is 13.3. The van der Waals surface area contributed by atoms with Crippen LogP contribution in [0, 0.1) is 17.8 Å². The quantitative estimate of drug-likeness (QED) is 0.752. The smallest absolute Gasteiger partial charge is 0.325 e. The van der Waals surface area contributed by atoms with Gasteiger partial charge in [0.1, 0.15) is 5.54 Å². The van der Waals surface area contributed by atoms with E-state index >= 15 is 0 Å². The molecule has 0 bridgehead atoms. The van der Waals surface area contributed by atoms with Gasteiger partial charge in [0.25, 0.3) is 0 Å². The molecular weight excluding hydrogens is 228 g/mol. The van der Waals surface area contributed by atoms with Crippen molar-refractivity contribution >= 4 is 5.97 Å². The second kappa shape index (κ2) is 5.17. The number of nitrogens with zero attached hydrogens (tertiary/aromatic N) is 1. The van der Waals surface area contributed by atoms with Crippen LogP contribution >= 0.6 is 0 Å². The van der Waals surface area contributed by atoms with Gasteiger partial charge in [0.2, 0.25) is 0 Å². The molecule has 2 fully saturated rings. The Labute approximate surface area is 110 Å². The fourth-order valence-corrected chi connectivity index (χ4v) is 3.24. The first kappa shape index (κ1) is 13.8. The Balaban J connectivity index is 2.00. The fraction of sp³-hybridized carbons (Fsp3) is 0.929. The number of hydrogen-bond acceptors (Lipinski definition) is 3. The van der Waals surface area contributed by atoms with Crippen LogP contribution in [-0.2, 0) is 4.79 Å². The molecule has 2 atom stereocenters. The lowest BCUT2D eigenvalue weighted by Crippen LogP contribution is -2.59. The highest BCUT2D eigenvalue weighted by molar-refractivity contribution is 5.80. The van der Waals surface area contributed by atoms with E-state index in [1.807, 2.05) is 0 Å². The Morgan fingerprint density at radius 3 is 2.50 bits per heavy atom. The van der Waals surface area contributed by atoms with Gasteiger partial charge >= 0.3 is 5.97 Å². The van der Waals surface area contributed by atoms with Crippen LogP contribution in [0.2, 0.25) is 0 Å². The molecule has 2 unspecified atom stereocenters. The molecular formula is C14H26N2O2. The summed E-state index contributed by atoms with van der Waals surface area (Å²) < 4.78 is 0. The Kier molecular flexibility index (Phi) is 3.97. The highest BCUT2D eigenvalue weighted by Gasteiger charge is 2.51. The van der Waals surface area contributed by atoms with Crippen molar-refractivity contribution in [1.29, 1.82) is 0 Å². The molecule has 1 aliphatic carbocycles. The number of aliphatic carboxylic acids is 1. The molecule has 18 heavy (non-hydrogen) atoms. The normalized spacial score (nSPS) is 28.6. The van der Waals surface area contributed by atoms with E-state index in [0.29, 0.717) is 18.4 Å². The molecule has 0 radical (unpaired) electrons. The number of nitrogens with one attached hydrogen (secondary N) is 1. The lowest BCUT2D eigenvalue weighted by atomic mass is 9.92. The summed E-state index contributed by atoms with van der Waals surface area (Å²) in [6, 6.07) is 0. The van der Waals surface area contributed by atoms with Gasteiger partial charge in [-0.1, -0.05) is 13.8 Å². The van der Waals surface area contributed by atoms with E-state index in [1.165, 1.54) is 6.42 Å². The Hall–Kier alpha value is -0.610. The minimum absolute atomic E-state index is 0.318. The van der Waals surface area contributed by atoms with Gasteiger partial charge in [0, 0.05) is 13.1 Å². The third-order valence-corrected chi connectivity index (χ3v) is 4.83. The number of likely N-dealkylation sites (tertiary alicyclic amines) is 1. The molecule has 1 aliphatic heterocycles. The number of carboxylic acid groups (broad SMARTS) is 1. The fourth-order valence-electron chi connectivity index (χ4n) is 3.24. The van der Waals surface area contributed by atoms with Gasteiger partial charge in [-0.2, -0.15) is 0 Å². The average Bonchev–Trinajstić information content (AvgIpc) is 3.05. The maximum atomic E-state index is 11.6. The van der Waals surface area contributed by atoms with Crippen LogP contribution in [0.3, 0.4) is 0 Å². The minimum atomic E-state index is -0.716. The Morgan fingerprint density at radius 1 is 1.44 bits per heavy atom. The molecule has 0 aromatic carbocycles. The average molecular weight is 254 g/mol. The van der Waals surface area contributed by atoms with E-state index < -0.39 is 11.5 Å². The predicted molar refractivity (Wildman–Crippen MR) is 71.5 cm³/mol. The highest BCUT2D eigenvalue weighted by Crippen LogP contribution is 2.41. The molecule has 0 aromatic heterocycles. The summed E-state index contributed by atoms with van der Waals surface area (Å²) in [5.74, 6) is 1.07. The monoisotopic (exact) mass is 254 g/mol. The second-order valence-corrected chi connectivity index (χ2v) is 6.33. The molecule has 1 saturated heterocycles. The maximum Gasteiger partial charge on any atom is 0.325 e. The van der Waals surface area contributed by atoms with Crippen molar-refractivity contribution in [2.45, 2.75) is 38.6 Å². The minimum Gasteiger partial charge on any atom is -0.480 e. The van der Waals surface area contributed by atoms with Crippen molar-refractivity contribution in [1.82, 2.24) is 10.2 Å². The molecule has 4 heteroatoms. The standard InChI is InChI=1S/C14H26N2O2/c1-10(2)11-6-7-16(8-11)9-14(15-3,13(17)18)12-4-5-12/h10-12,15H,4-9H2,1-3H3,(H,17,18). The van der Waals surface area contributed by atoms with E-state index in [4.69, 9.17) is 0 Å². The van der Waals surface area contributed by atoms with Crippen molar-refractivity contribution in [2.24, 2.45) is 17.8 Å². The molecule has 0 aromatic rings. The van der Waals surface area contributed by atoms with Crippen LogP contribution < -0.4 is 5.32 Å². The van der Waals surface area contributed by atoms with Gasteiger partial charge in [-0.15, -0.1) is 0 Å². The van der Waals surface area contributed by atoms with Gasteiger partial charge in [-0.25, -0.2) is 0 Å². The van der Waals surface area contributed by atoms with Crippen LogP contribution in [0.4, 0.5) is 0 Å². The molecule has 1 saturated carbocycles. The Bertz CT molecular complexity index is 315. The zero-order valence-electron chi connectivity index (χ0n) is 11.8. The number of rotatable bonds is 6. The lowest BCUT2D eigenvalue weighted by molar-refractivity contribution is -0.146. The number of carbonyl (C=O) groups is 1. The first-order valence-electron chi connectivity index (χ1n) is 7.14. The molecule has 1 heterocycles. The predicted octanol–water partition coefficient (Wildman–Crippen LogP) is 1.42. The van der Waals surface area contributed by atoms with Gasteiger partial charge < -0.3 is 15.3 Å². The van der Waals surface area contributed by atoms with E-state index in [2.05, 4.69) is 24.1 Å². The van der Waals surface area contributed by atoms with Crippen molar-refractivity contribution in [3.63, 3.8) is 0 Å². The molecule has 2 aliphatic rings. The third kappa shape index (κ3) is 2.54. The Morgan fingerprint density at radius 2 is 2.11 bits per heavy atom. The van der Waals surface area contributed by atoms with Crippen LogP contribution in [0.1, 0.15) is 33.1 Å². The topological polar surface area (TPSA) is 52.6 Å². The third-order valence-electron chi connectivity index (χ3n) is 4.83. The summed E-state index contributed by atoms with van der Waals surface area (Å²) in [6.45, 7) is 7.29.